The molecular weight excluding hydrogens is 200 g/mol. The smallest absolute Gasteiger partial charge is 0.0814 e. The number of β-amino-alcohol motifs (C(OH)–C–C–N with tert-alkyl or cyclic N) is 1. The summed E-state index contributed by atoms with van der Waals surface area (Å²) in [7, 11) is 2.06. The monoisotopic (exact) mass is 220 g/mol. The van der Waals surface area contributed by atoms with Gasteiger partial charge in [-0.05, 0) is 44.1 Å². The van der Waals surface area contributed by atoms with Gasteiger partial charge in [0.2, 0.25) is 0 Å². The van der Waals surface area contributed by atoms with Crippen LogP contribution in [0.2, 0.25) is 0 Å². The highest BCUT2D eigenvalue weighted by molar-refractivity contribution is 5.39. The van der Waals surface area contributed by atoms with Gasteiger partial charge in [-0.25, -0.2) is 0 Å². The number of nitrogen functional groups attached to an aromatic ring is 1. The molecular formula is C13H20N2O. The first-order valence-electron chi connectivity index (χ1n) is 5.83. The molecule has 3 nitrogen and oxygen atoms in total. The highest BCUT2D eigenvalue weighted by Crippen LogP contribution is 2.24. The predicted octanol–water partition coefficient (Wildman–Crippen LogP) is 1.27. The van der Waals surface area contributed by atoms with Crippen LogP contribution in [0.25, 0.3) is 0 Å². The van der Waals surface area contributed by atoms with Crippen LogP contribution in [0.5, 0.6) is 0 Å². The van der Waals surface area contributed by atoms with Gasteiger partial charge in [0.25, 0.3) is 0 Å². The molecule has 0 spiro atoms. The molecule has 1 saturated heterocycles. The van der Waals surface area contributed by atoms with E-state index in [9.17, 15) is 5.11 Å². The van der Waals surface area contributed by atoms with Crippen LogP contribution < -0.4 is 5.73 Å². The molecule has 3 N–H and O–H groups in total. The largest absolute Gasteiger partial charge is 0.399 e. The first kappa shape index (κ1) is 11.4. The molecule has 0 aliphatic carbocycles. The average molecular weight is 220 g/mol. The molecule has 0 radical (unpaired) electrons. The fourth-order valence-electron chi connectivity index (χ4n) is 2.50. The maximum absolute atomic E-state index is 10.5. The van der Waals surface area contributed by atoms with Crippen molar-refractivity contribution in [3.8, 4) is 0 Å². The molecule has 0 bridgehead atoms. The van der Waals surface area contributed by atoms with E-state index >= 15 is 0 Å². The van der Waals surface area contributed by atoms with Gasteiger partial charge in [0.15, 0.2) is 0 Å². The molecule has 1 unspecified atom stereocenters. The van der Waals surface area contributed by atoms with Crippen LogP contribution >= 0.6 is 0 Å². The van der Waals surface area contributed by atoms with E-state index in [0.717, 1.165) is 43.6 Å². The van der Waals surface area contributed by atoms with Crippen molar-refractivity contribution in [3.63, 3.8) is 0 Å². The molecule has 1 aliphatic rings. The van der Waals surface area contributed by atoms with Gasteiger partial charge in [-0.1, -0.05) is 12.1 Å². The second-order valence-corrected chi connectivity index (χ2v) is 4.98. The topological polar surface area (TPSA) is 49.5 Å². The Labute approximate surface area is 96.9 Å². The molecule has 0 aromatic heterocycles. The first-order chi connectivity index (χ1) is 7.57. The van der Waals surface area contributed by atoms with E-state index in [1.54, 1.807) is 0 Å². The van der Waals surface area contributed by atoms with Crippen LogP contribution in [0.15, 0.2) is 24.3 Å². The SMILES string of the molecule is CN1CCCC(O)(Cc2ccc(N)cc2)C1. The Bertz CT molecular complexity index is 349. The molecule has 0 saturated carbocycles. The van der Waals surface area contributed by atoms with E-state index < -0.39 is 5.60 Å². The van der Waals surface area contributed by atoms with Crippen molar-refractivity contribution in [2.24, 2.45) is 0 Å². The number of rotatable bonds is 2. The second kappa shape index (κ2) is 4.44. The lowest BCUT2D eigenvalue weighted by Crippen LogP contribution is -2.47. The summed E-state index contributed by atoms with van der Waals surface area (Å²) in [5.74, 6) is 0. The fourth-order valence-corrected chi connectivity index (χ4v) is 2.50. The molecule has 1 aromatic carbocycles. The number of nitrogens with zero attached hydrogens (tertiary/aromatic N) is 1. The summed E-state index contributed by atoms with van der Waals surface area (Å²) in [4.78, 5) is 2.20. The zero-order valence-electron chi connectivity index (χ0n) is 9.82. The van der Waals surface area contributed by atoms with E-state index in [0.29, 0.717) is 0 Å². The molecule has 1 fully saturated rings. The molecule has 16 heavy (non-hydrogen) atoms. The summed E-state index contributed by atoms with van der Waals surface area (Å²) < 4.78 is 0. The zero-order valence-corrected chi connectivity index (χ0v) is 9.82. The van der Waals surface area contributed by atoms with E-state index in [2.05, 4.69) is 11.9 Å². The summed E-state index contributed by atoms with van der Waals surface area (Å²) in [6.07, 6.45) is 2.68. The standard InChI is InChI=1S/C13H20N2O/c1-15-8-2-7-13(16,10-15)9-11-3-5-12(14)6-4-11/h3-6,16H,2,7-10,14H2,1H3. The van der Waals surface area contributed by atoms with Gasteiger partial charge in [-0.3, -0.25) is 0 Å². The highest BCUT2D eigenvalue weighted by atomic mass is 16.3. The van der Waals surface area contributed by atoms with Crippen molar-refractivity contribution in [2.75, 3.05) is 25.9 Å². The number of hydrogen-bond acceptors (Lipinski definition) is 3. The maximum Gasteiger partial charge on any atom is 0.0814 e. The van der Waals surface area contributed by atoms with E-state index in [1.165, 1.54) is 0 Å². The summed E-state index contributed by atoms with van der Waals surface area (Å²) in [5.41, 5.74) is 7.01. The Kier molecular flexibility index (Phi) is 3.17. The summed E-state index contributed by atoms with van der Waals surface area (Å²) in [6.45, 7) is 1.85. The normalized spacial score (nSPS) is 26.9. The van der Waals surface area contributed by atoms with Gasteiger partial charge < -0.3 is 15.7 Å². The van der Waals surface area contributed by atoms with Crippen LogP contribution in [-0.4, -0.2) is 35.7 Å². The third kappa shape index (κ3) is 2.74. The number of likely N-dealkylation sites (tertiary alicyclic amines) is 1. The minimum atomic E-state index is -0.566. The van der Waals surface area contributed by atoms with Crippen LogP contribution in [0, 0.1) is 0 Å². The highest BCUT2D eigenvalue weighted by Gasteiger charge is 2.31. The lowest BCUT2D eigenvalue weighted by Gasteiger charge is -2.37. The lowest BCUT2D eigenvalue weighted by molar-refractivity contribution is -0.0223. The molecule has 1 aliphatic heterocycles. The number of benzene rings is 1. The third-order valence-electron chi connectivity index (χ3n) is 3.26. The summed E-state index contributed by atoms with van der Waals surface area (Å²) in [6, 6.07) is 7.79. The maximum atomic E-state index is 10.5. The zero-order chi connectivity index (χ0) is 11.6. The minimum Gasteiger partial charge on any atom is -0.399 e. The number of hydrogen-bond donors (Lipinski definition) is 2. The van der Waals surface area contributed by atoms with Crippen LogP contribution in [-0.2, 0) is 6.42 Å². The first-order valence-corrected chi connectivity index (χ1v) is 5.83. The third-order valence-corrected chi connectivity index (χ3v) is 3.26. The van der Waals surface area contributed by atoms with Crippen molar-refractivity contribution in [1.29, 1.82) is 0 Å². The van der Waals surface area contributed by atoms with Crippen LogP contribution in [0.3, 0.4) is 0 Å². The number of nitrogens with two attached hydrogens (primary N) is 1. The van der Waals surface area contributed by atoms with E-state index in [1.807, 2.05) is 24.3 Å². The van der Waals surface area contributed by atoms with E-state index in [4.69, 9.17) is 5.73 Å². The molecule has 2 rings (SSSR count). The van der Waals surface area contributed by atoms with Crippen molar-refractivity contribution >= 4 is 5.69 Å². The molecule has 1 atom stereocenters. The van der Waals surface area contributed by atoms with E-state index in [-0.39, 0.29) is 0 Å². The number of aliphatic hydroxyl groups is 1. The Balaban J connectivity index is 2.05. The van der Waals surface area contributed by atoms with Crippen molar-refractivity contribution in [3.05, 3.63) is 29.8 Å². The molecule has 3 heteroatoms. The average Bonchev–Trinajstić information content (AvgIpc) is 2.21. The van der Waals surface area contributed by atoms with Gasteiger partial charge in [0.1, 0.15) is 0 Å². The number of anilines is 1. The molecule has 0 amide bonds. The molecule has 1 heterocycles. The van der Waals surface area contributed by atoms with Crippen molar-refractivity contribution in [1.82, 2.24) is 4.90 Å². The Morgan fingerprint density at radius 2 is 2.06 bits per heavy atom. The number of likely N-dealkylation sites (N-methyl/N-ethyl adjacent to an activating group) is 1. The lowest BCUT2D eigenvalue weighted by atomic mass is 9.87. The Morgan fingerprint density at radius 1 is 1.38 bits per heavy atom. The van der Waals surface area contributed by atoms with Gasteiger partial charge in [0, 0.05) is 18.7 Å². The van der Waals surface area contributed by atoms with Gasteiger partial charge >= 0.3 is 0 Å². The van der Waals surface area contributed by atoms with Gasteiger partial charge in [-0.15, -0.1) is 0 Å². The quantitative estimate of drug-likeness (QED) is 0.738. The minimum absolute atomic E-state index is 0.566. The second-order valence-electron chi connectivity index (χ2n) is 4.98. The van der Waals surface area contributed by atoms with Crippen LogP contribution in [0.4, 0.5) is 5.69 Å². The number of piperidine rings is 1. The van der Waals surface area contributed by atoms with Gasteiger partial charge in [0.05, 0.1) is 5.60 Å². The van der Waals surface area contributed by atoms with Crippen LogP contribution in [0.1, 0.15) is 18.4 Å². The summed E-state index contributed by atoms with van der Waals surface area (Å²) in [5, 5.41) is 10.5. The predicted molar refractivity (Wildman–Crippen MR) is 66.2 cm³/mol. The fraction of sp³-hybridized carbons (Fsp3) is 0.538. The van der Waals surface area contributed by atoms with Gasteiger partial charge in [-0.2, -0.15) is 0 Å². The summed E-state index contributed by atoms with van der Waals surface area (Å²) >= 11 is 0. The Morgan fingerprint density at radius 3 is 2.69 bits per heavy atom. The molecule has 1 aromatic rings. The molecule has 88 valence electrons. The van der Waals surface area contributed by atoms with Crippen molar-refractivity contribution < 1.29 is 5.11 Å². The van der Waals surface area contributed by atoms with Crippen molar-refractivity contribution in [2.45, 2.75) is 24.9 Å². The Hall–Kier alpha value is -1.06.